The first-order valence-corrected chi connectivity index (χ1v) is 11.1. The molecule has 3 aromatic rings. The molecule has 1 heterocycles. The predicted molar refractivity (Wildman–Crippen MR) is 127 cm³/mol. The van der Waals surface area contributed by atoms with Crippen LogP contribution >= 0.6 is 11.6 Å². The van der Waals surface area contributed by atoms with Crippen LogP contribution in [0.4, 0.5) is 13.2 Å². The number of nitrogens with zero attached hydrogens (tertiary/aromatic N) is 1. The summed E-state index contributed by atoms with van der Waals surface area (Å²) in [4.78, 5) is 49.4. The number of aromatic nitrogens is 1. The lowest BCUT2D eigenvalue weighted by Crippen LogP contribution is -2.37. The van der Waals surface area contributed by atoms with Crippen molar-refractivity contribution in [3.63, 3.8) is 0 Å². The Morgan fingerprint density at radius 2 is 1.47 bits per heavy atom. The van der Waals surface area contributed by atoms with E-state index < -0.39 is 76.5 Å². The second-order valence-electron chi connectivity index (χ2n) is 7.82. The van der Waals surface area contributed by atoms with Gasteiger partial charge in [0.25, 0.3) is 17.4 Å². The Bertz CT molecular complexity index is 1470. The molecule has 1 aromatic heterocycles. The third-order valence-corrected chi connectivity index (χ3v) is 5.68. The van der Waals surface area contributed by atoms with E-state index in [1.54, 1.807) is 18.2 Å². The van der Waals surface area contributed by atoms with E-state index in [4.69, 9.17) is 16.7 Å². The molecule has 5 N–H and O–H groups in total. The number of carbonyl (C=O) groups excluding carboxylic acids is 2. The predicted octanol–water partition coefficient (Wildman–Crippen LogP) is 2.72. The monoisotopic (exact) mass is 553 g/mol. The van der Waals surface area contributed by atoms with E-state index in [-0.39, 0.29) is 11.6 Å². The van der Waals surface area contributed by atoms with Gasteiger partial charge in [0.2, 0.25) is 5.88 Å². The van der Waals surface area contributed by atoms with Crippen molar-refractivity contribution >= 4 is 29.4 Å². The van der Waals surface area contributed by atoms with Gasteiger partial charge in [-0.25, -0.2) is 0 Å². The minimum Gasteiger partial charge on any atom is -0.506 e. The van der Waals surface area contributed by atoms with Gasteiger partial charge in [0.05, 0.1) is 12.1 Å². The van der Waals surface area contributed by atoms with Gasteiger partial charge >= 0.3 is 12.1 Å². The van der Waals surface area contributed by atoms with Crippen LogP contribution in [-0.2, 0) is 24.1 Å². The summed E-state index contributed by atoms with van der Waals surface area (Å²) in [5, 5.41) is 34.6. The van der Waals surface area contributed by atoms with E-state index in [0.29, 0.717) is 10.1 Å². The fourth-order valence-corrected chi connectivity index (χ4v) is 3.72. The molecule has 0 spiro atoms. The lowest BCUT2D eigenvalue weighted by molar-refractivity contribution is -0.138. The maximum atomic E-state index is 13.5. The van der Waals surface area contributed by atoms with Crippen molar-refractivity contribution in [3.8, 4) is 11.6 Å². The number of rotatable bonds is 8. The quantitative estimate of drug-likeness (QED) is 0.287. The number of nitrogens with one attached hydrogen (secondary N) is 2. The average Bonchev–Trinajstić information content (AvgIpc) is 2.84. The van der Waals surface area contributed by atoms with Gasteiger partial charge in [-0.1, -0.05) is 48.0 Å². The highest BCUT2D eigenvalue weighted by Crippen LogP contribution is 2.34. The number of aliphatic carboxylic acids is 1. The number of amides is 2. The van der Waals surface area contributed by atoms with Crippen LogP contribution in [0.1, 0.15) is 37.4 Å². The molecule has 3 rings (SSSR count). The number of halogens is 4. The number of alkyl halides is 3. The van der Waals surface area contributed by atoms with Crippen molar-refractivity contribution in [3.05, 3.63) is 91.7 Å². The van der Waals surface area contributed by atoms with Gasteiger partial charge in [-0.2, -0.15) is 13.2 Å². The summed E-state index contributed by atoms with van der Waals surface area (Å²) >= 11 is 6.04. The fourth-order valence-electron chi connectivity index (χ4n) is 3.51. The van der Waals surface area contributed by atoms with Crippen LogP contribution in [-0.4, -0.2) is 44.2 Å². The molecular weight excluding hydrogens is 535 g/mol. The second kappa shape index (κ2) is 11.3. The molecule has 0 bridgehead atoms. The van der Waals surface area contributed by atoms with E-state index in [9.17, 15) is 42.6 Å². The minimum absolute atomic E-state index is 0.228. The highest BCUT2D eigenvalue weighted by molar-refractivity contribution is 6.31. The summed E-state index contributed by atoms with van der Waals surface area (Å²) in [6, 6.07) is 10.4. The maximum absolute atomic E-state index is 13.5. The summed E-state index contributed by atoms with van der Waals surface area (Å²) in [6.45, 7) is -2.16. The first-order chi connectivity index (χ1) is 17.8. The Morgan fingerprint density at radius 1 is 0.895 bits per heavy atom. The fraction of sp³-hybridized carbons (Fsp3) is 0.167. The van der Waals surface area contributed by atoms with Crippen molar-refractivity contribution in [1.29, 1.82) is 0 Å². The molecule has 0 unspecified atom stereocenters. The highest BCUT2D eigenvalue weighted by atomic mass is 35.5. The average molecular weight is 554 g/mol. The smallest absolute Gasteiger partial charge is 0.416 e. The molecular formula is C24H19ClF3N3O7. The number of carboxylic acid groups (broad SMARTS) is 1. The van der Waals surface area contributed by atoms with Crippen molar-refractivity contribution in [2.75, 3.05) is 6.54 Å². The van der Waals surface area contributed by atoms with Gasteiger partial charge in [0.15, 0.2) is 5.75 Å². The number of pyridine rings is 1. The maximum Gasteiger partial charge on any atom is 0.416 e. The Kier molecular flexibility index (Phi) is 8.31. The lowest BCUT2D eigenvalue weighted by Gasteiger charge is -2.19. The molecule has 0 saturated heterocycles. The van der Waals surface area contributed by atoms with Crippen molar-refractivity contribution in [2.24, 2.45) is 0 Å². The molecule has 0 saturated carbocycles. The molecule has 200 valence electrons. The van der Waals surface area contributed by atoms with E-state index in [0.717, 1.165) is 18.2 Å². The van der Waals surface area contributed by atoms with Gasteiger partial charge in [-0.05, 0) is 23.3 Å². The lowest BCUT2D eigenvalue weighted by atomic mass is 10.1. The second-order valence-corrected chi connectivity index (χ2v) is 8.23. The summed E-state index contributed by atoms with van der Waals surface area (Å²) in [5.41, 5.74) is -4.85. The Morgan fingerprint density at radius 3 is 2.08 bits per heavy atom. The molecule has 0 aliphatic heterocycles. The van der Waals surface area contributed by atoms with Crippen molar-refractivity contribution in [2.45, 2.75) is 19.3 Å². The largest absolute Gasteiger partial charge is 0.506 e. The first-order valence-electron chi connectivity index (χ1n) is 10.7. The van der Waals surface area contributed by atoms with Crippen LogP contribution in [0.25, 0.3) is 0 Å². The first kappa shape index (κ1) is 28.1. The SMILES string of the molecule is O=C(O)CNC(=O)c1c(O)c(C(=O)NCc2ccccc2Cl)c(O)n(Cc2ccccc2C(F)(F)F)c1=O. The number of carboxylic acids is 1. The van der Waals surface area contributed by atoms with Crippen molar-refractivity contribution in [1.82, 2.24) is 15.2 Å². The van der Waals surface area contributed by atoms with Crippen LogP contribution in [0.15, 0.2) is 53.3 Å². The summed E-state index contributed by atoms with van der Waals surface area (Å²) in [6.07, 6.45) is -4.84. The van der Waals surface area contributed by atoms with E-state index in [2.05, 4.69) is 5.32 Å². The third-order valence-electron chi connectivity index (χ3n) is 5.31. The normalized spacial score (nSPS) is 11.2. The zero-order valence-corrected chi connectivity index (χ0v) is 19.9. The molecule has 2 aromatic carbocycles. The zero-order chi connectivity index (χ0) is 28.2. The Balaban J connectivity index is 2.14. The number of hydrogen-bond donors (Lipinski definition) is 5. The van der Waals surface area contributed by atoms with Gasteiger partial charge in [-0.15, -0.1) is 0 Å². The molecule has 10 nitrogen and oxygen atoms in total. The van der Waals surface area contributed by atoms with Crippen LogP contribution in [0.3, 0.4) is 0 Å². The van der Waals surface area contributed by atoms with Gasteiger partial charge in [0, 0.05) is 11.6 Å². The Labute approximate surface area is 216 Å². The molecule has 38 heavy (non-hydrogen) atoms. The molecule has 0 radical (unpaired) electrons. The van der Waals surface area contributed by atoms with Gasteiger partial charge in [-0.3, -0.25) is 23.7 Å². The van der Waals surface area contributed by atoms with Crippen LogP contribution in [0, 0.1) is 0 Å². The molecule has 2 amide bonds. The topological polar surface area (TPSA) is 158 Å². The van der Waals surface area contributed by atoms with Crippen LogP contribution < -0.4 is 16.2 Å². The molecule has 0 aliphatic rings. The van der Waals surface area contributed by atoms with E-state index in [1.165, 1.54) is 12.1 Å². The Hall–Kier alpha value is -4.52. The van der Waals surface area contributed by atoms with E-state index >= 15 is 0 Å². The van der Waals surface area contributed by atoms with Gasteiger partial charge < -0.3 is 26.0 Å². The molecule has 0 fully saturated rings. The van der Waals surface area contributed by atoms with Crippen LogP contribution in [0.2, 0.25) is 5.02 Å². The summed E-state index contributed by atoms with van der Waals surface area (Å²) in [7, 11) is 0. The molecule has 0 atom stereocenters. The minimum atomic E-state index is -4.84. The number of hydrogen-bond acceptors (Lipinski definition) is 6. The zero-order valence-electron chi connectivity index (χ0n) is 19.2. The summed E-state index contributed by atoms with van der Waals surface area (Å²) < 4.78 is 40.8. The molecule has 0 aliphatic carbocycles. The standard InChI is InChI=1S/C24H19ClF3N3O7/c25-15-8-4-2-5-12(15)9-29-20(35)17-19(34)18(21(36)30-10-16(32)33)23(38)31(22(17)37)11-13-6-1-3-7-14(13)24(26,27)28/h1-8,34,37H,9-11H2,(H,29,35)(H,30,36)(H,32,33). The van der Waals surface area contributed by atoms with E-state index in [1.807, 2.05) is 5.32 Å². The third kappa shape index (κ3) is 6.06. The number of carbonyl (C=O) groups is 3. The molecule has 14 heteroatoms. The van der Waals surface area contributed by atoms with Gasteiger partial charge in [0.1, 0.15) is 17.7 Å². The number of aromatic hydroxyl groups is 2. The van der Waals surface area contributed by atoms with Crippen molar-refractivity contribution < 1.29 is 42.9 Å². The van der Waals surface area contributed by atoms with Crippen LogP contribution in [0.5, 0.6) is 11.6 Å². The highest BCUT2D eigenvalue weighted by Gasteiger charge is 2.34. The summed E-state index contributed by atoms with van der Waals surface area (Å²) in [5.74, 6) is -6.67. The number of benzene rings is 2.